The van der Waals surface area contributed by atoms with Crippen molar-refractivity contribution in [3.05, 3.63) is 53.3 Å². The van der Waals surface area contributed by atoms with E-state index < -0.39 is 11.9 Å². The maximum absolute atomic E-state index is 13.1. The fourth-order valence-electron chi connectivity index (χ4n) is 1.94. The lowest BCUT2D eigenvalue weighted by molar-refractivity contribution is 0.138. The Kier molecular flexibility index (Phi) is 6.26. The standard InChI is InChI=1S/C17H17ClFNO4/c1-2-20(17(21)22)9-10-23-12-3-5-13(6-4-12)24-14-7-8-16(19)15(18)11-14/h3-8,11H,2,9-10H2,1H3,(H,21,22). The molecule has 5 nitrogen and oxygen atoms in total. The van der Waals surface area contributed by atoms with E-state index in [0.717, 1.165) is 0 Å². The van der Waals surface area contributed by atoms with Gasteiger partial charge in [0.25, 0.3) is 0 Å². The predicted octanol–water partition coefficient (Wildman–Crippen LogP) is 4.65. The quantitative estimate of drug-likeness (QED) is 0.787. The molecule has 2 aromatic carbocycles. The molecule has 0 fully saturated rings. The molecule has 0 unspecified atom stereocenters. The van der Waals surface area contributed by atoms with Gasteiger partial charge in [0, 0.05) is 12.6 Å². The van der Waals surface area contributed by atoms with Gasteiger partial charge in [0.2, 0.25) is 0 Å². The van der Waals surface area contributed by atoms with Crippen molar-refractivity contribution in [3.8, 4) is 17.2 Å². The van der Waals surface area contributed by atoms with E-state index in [1.165, 1.54) is 23.1 Å². The molecular weight excluding hydrogens is 337 g/mol. The number of carbonyl (C=O) groups is 1. The van der Waals surface area contributed by atoms with Crippen LogP contribution in [-0.4, -0.2) is 35.8 Å². The Bertz CT molecular complexity index is 693. The number of nitrogens with zero attached hydrogens (tertiary/aromatic N) is 1. The number of hydrogen-bond acceptors (Lipinski definition) is 3. The van der Waals surface area contributed by atoms with Gasteiger partial charge in [-0.3, -0.25) is 0 Å². The summed E-state index contributed by atoms with van der Waals surface area (Å²) in [6.07, 6.45) is -0.970. The van der Waals surface area contributed by atoms with Crippen LogP contribution in [0.15, 0.2) is 42.5 Å². The first-order valence-electron chi connectivity index (χ1n) is 7.33. The van der Waals surface area contributed by atoms with Crippen LogP contribution in [-0.2, 0) is 0 Å². The second kappa shape index (κ2) is 8.40. The summed E-state index contributed by atoms with van der Waals surface area (Å²) in [5.74, 6) is 1.07. The molecule has 2 aromatic rings. The molecule has 0 bridgehead atoms. The maximum Gasteiger partial charge on any atom is 0.407 e. The van der Waals surface area contributed by atoms with Crippen molar-refractivity contribution in [2.45, 2.75) is 6.92 Å². The number of hydrogen-bond donors (Lipinski definition) is 1. The highest BCUT2D eigenvalue weighted by Crippen LogP contribution is 2.27. The summed E-state index contributed by atoms with van der Waals surface area (Å²) in [7, 11) is 0. The van der Waals surface area contributed by atoms with Crippen molar-refractivity contribution in [3.63, 3.8) is 0 Å². The fraction of sp³-hybridized carbons (Fsp3) is 0.235. The highest BCUT2D eigenvalue weighted by Gasteiger charge is 2.08. The molecule has 1 N–H and O–H groups in total. The summed E-state index contributed by atoms with van der Waals surface area (Å²) >= 11 is 5.70. The zero-order valence-electron chi connectivity index (χ0n) is 13.0. The van der Waals surface area contributed by atoms with E-state index in [2.05, 4.69) is 0 Å². The Labute approximate surface area is 144 Å². The number of amides is 1. The van der Waals surface area contributed by atoms with Crippen LogP contribution in [0.25, 0.3) is 0 Å². The van der Waals surface area contributed by atoms with Crippen LogP contribution in [0, 0.1) is 5.82 Å². The summed E-state index contributed by atoms with van der Waals surface area (Å²) in [5.41, 5.74) is 0. The van der Waals surface area contributed by atoms with Crippen molar-refractivity contribution in [2.24, 2.45) is 0 Å². The second-order valence-corrected chi connectivity index (χ2v) is 5.27. The molecular formula is C17H17ClFNO4. The Morgan fingerprint density at radius 2 is 1.79 bits per heavy atom. The third kappa shape index (κ3) is 5.03. The molecule has 0 spiro atoms. The van der Waals surface area contributed by atoms with E-state index in [0.29, 0.717) is 23.8 Å². The fourth-order valence-corrected chi connectivity index (χ4v) is 2.11. The molecule has 0 atom stereocenters. The minimum Gasteiger partial charge on any atom is -0.492 e. The van der Waals surface area contributed by atoms with Gasteiger partial charge in [-0.15, -0.1) is 0 Å². The summed E-state index contributed by atoms with van der Waals surface area (Å²) in [6, 6.07) is 10.9. The van der Waals surface area contributed by atoms with E-state index in [4.69, 9.17) is 26.2 Å². The van der Waals surface area contributed by atoms with Crippen LogP contribution in [0.1, 0.15) is 6.92 Å². The monoisotopic (exact) mass is 353 g/mol. The molecule has 0 saturated carbocycles. The van der Waals surface area contributed by atoms with Gasteiger partial charge in [0.1, 0.15) is 29.7 Å². The first kappa shape index (κ1) is 17.9. The van der Waals surface area contributed by atoms with Crippen molar-refractivity contribution in [1.82, 2.24) is 4.90 Å². The highest BCUT2D eigenvalue weighted by molar-refractivity contribution is 6.30. The molecule has 24 heavy (non-hydrogen) atoms. The summed E-state index contributed by atoms with van der Waals surface area (Å²) in [5, 5.41) is 8.90. The minimum atomic E-state index is -0.970. The number of rotatable bonds is 7. The smallest absolute Gasteiger partial charge is 0.407 e. The molecule has 7 heteroatoms. The van der Waals surface area contributed by atoms with E-state index in [-0.39, 0.29) is 18.2 Å². The lowest BCUT2D eigenvalue weighted by Crippen LogP contribution is -2.33. The first-order chi connectivity index (χ1) is 11.5. The van der Waals surface area contributed by atoms with Crippen LogP contribution in [0.5, 0.6) is 17.2 Å². The topological polar surface area (TPSA) is 59.0 Å². The molecule has 0 saturated heterocycles. The van der Waals surface area contributed by atoms with Crippen molar-refractivity contribution >= 4 is 17.7 Å². The number of likely N-dealkylation sites (N-methyl/N-ethyl adjacent to an activating group) is 1. The molecule has 2 rings (SSSR count). The Morgan fingerprint density at radius 1 is 1.17 bits per heavy atom. The molecule has 0 aliphatic rings. The van der Waals surface area contributed by atoms with Crippen LogP contribution in [0.4, 0.5) is 9.18 Å². The number of carboxylic acid groups (broad SMARTS) is 1. The molecule has 0 aliphatic heterocycles. The van der Waals surface area contributed by atoms with Gasteiger partial charge >= 0.3 is 6.09 Å². The first-order valence-corrected chi connectivity index (χ1v) is 7.71. The zero-order valence-corrected chi connectivity index (χ0v) is 13.8. The van der Waals surface area contributed by atoms with Crippen molar-refractivity contribution in [2.75, 3.05) is 19.7 Å². The second-order valence-electron chi connectivity index (χ2n) is 4.86. The molecule has 1 amide bonds. The van der Waals surface area contributed by atoms with Gasteiger partial charge < -0.3 is 19.5 Å². The van der Waals surface area contributed by atoms with Crippen molar-refractivity contribution < 1.29 is 23.8 Å². The van der Waals surface area contributed by atoms with Gasteiger partial charge in [0.05, 0.1) is 11.6 Å². The van der Waals surface area contributed by atoms with E-state index in [9.17, 15) is 9.18 Å². The van der Waals surface area contributed by atoms with Crippen molar-refractivity contribution in [1.29, 1.82) is 0 Å². The number of benzene rings is 2. The number of halogens is 2. The number of ether oxygens (including phenoxy) is 2. The van der Waals surface area contributed by atoms with Gasteiger partial charge in [-0.05, 0) is 43.3 Å². The Hall–Kier alpha value is -2.47. The van der Waals surface area contributed by atoms with Crippen LogP contribution in [0.3, 0.4) is 0 Å². The Morgan fingerprint density at radius 3 is 2.38 bits per heavy atom. The molecule has 0 radical (unpaired) electrons. The van der Waals surface area contributed by atoms with Gasteiger partial charge in [-0.2, -0.15) is 0 Å². The third-order valence-corrected chi connectivity index (χ3v) is 3.52. The largest absolute Gasteiger partial charge is 0.492 e. The third-order valence-electron chi connectivity index (χ3n) is 3.23. The molecule has 0 heterocycles. The average Bonchev–Trinajstić information content (AvgIpc) is 2.56. The lowest BCUT2D eigenvalue weighted by Gasteiger charge is -2.17. The lowest BCUT2D eigenvalue weighted by atomic mass is 10.3. The van der Waals surface area contributed by atoms with Gasteiger partial charge in [-0.1, -0.05) is 11.6 Å². The average molecular weight is 354 g/mol. The summed E-state index contributed by atoms with van der Waals surface area (Å²) in [6.45, 7) is 2.72. The maximum atomic E-state index is 13.1. The van der Waals surface area contributed by atoms with Crippen LogP contribution >= 0.6 is 11.6 Å². The zero-order chi connectivity index (χ0) is 17.5. The van der Waals surface area contributed by atoms with Crippen LogP contribution in [0.2, 0.25) is 5.02 Å². The summed E-state index contributed by atoms with van der Waals surface area (Å²) in [4.78, 5) is 12.1. The van der Waals surface area contributed by atoms with E-state index >= 15 is 0 Å². The molecule has 0 aromatic heterocycles. The van der Waals surface area contributed by atoms with Crippen LogP contribution < -0.4 is 9.47 Å². The predicted molar refractivity (Wildman–Crippen MR) is 88.7 cm³/mol. The molecule has 128 valence electrons. The Balaban J connectivity index is 1.88. The van der Waals surface area contributed by atoms with E-state index in [1.54, 1.807) is 31.2 Å². The highest BCUT2D eigenvalue weighted by atomic mass is 35.5. The minimum absolute atomic E-state index is 0.00800. The van der Waals surface area contributed by atoms with Gasteiger partial charge in [0.15, 0.2) is 0 Å². The SMILES string of the molecule is CCN(CCOc1ccc(Oc2ccc(F)c(Cl)c2)cc1)C(=O)O. The molecule has 0 aliphatic carbocycles. The van der Waals surface area contributed by atoms with Gasteiger partial charge in [-0.25, -0.2) is 9.18 Å². The summed E-state index contributed by atoms with van der Waals surface area (Å²) < 4.78 is 24.2. The normalized spacial score (nSPS) is 10.3. The van der Waals surface area contributed by atoms with E-state index in [1.807, 2.05) is 0 Å².